The van der Waals surface area contributed by atoms with Crippen molar-refractivity contribution in [3.05, 3.63) is 59.0 Å². The SMILES string of the molecule is COc1ccc(-c2nc(N)sc2Cc2cccc(OC)c2)cc1. The van der Waals surface area contributed by atoms with Crippen LogP contribution in [0.2, 0.25) is 0 Å². The Morgan fingerprint density at radius 2 is 1.74 bits per heavy atom. The first kappa shape index (κ1) is 15.4. The van der Waals surface area contributed by atoms with E-state index in [4.69, 9.17) is 15.2 Å². The van der Waals surface area contributed by atoms with E-state index in [1.165, 1.54) is 16.9 Å². The van der Waals surface area contributed by atoms with Crippen molar-refractivity contribution in [1.29, 1.82) is 0 Å². The maximum absolute atomic E-state index is 5.94. The maximum atomic E-state index is 5.94. The fourth-order valence-corrected chi connectivity index (χ4v) is 3.32. The highest BCUT2D eigenvalue weighted by atomic mass is 32.1. The molecular formula is C18H18N2O2S. The van der Waals surface area contributed by atoms with Crippen molar-refractivity contribution in [2.45, 2.75) is 6.42 Å². The van der Waals surface area contributed by atoms with E-state index >= 15 is 0 Å². The summed E-state index contributed by atoms with van der Waals surface area (Å²) in [6.45, 7) is 0. The lowest BCUT2D eigenvalue weighted by Gasteiger charge is -2.06. The van der Waals surface area contributed by atoms with Crippen molar-refractivity contribution in [3.63, 3.8) is 0 Å². The van der Waals surface area contributed by atoms with Crippen LogP contribution in [0.3, 0.4) is 0 Å². The van der Waals surface area contributed by atoms with Gasteiger partial charge in [-0.05, 0) is 42.0 Å². The molecule has 0 fully saturated rings. The van der Waals surface area contributed by atoms with E-state index in [0.29, 0.717) is 5.13 Å². The Balaban J connectivity index is 1.93. The first-order chi connectivity index (χ1) is 11.2. The lowest BCUT2D eigenvalue weighted by Crippen LogP contribution is -1.91. The minimum absolute atomic E-state index is 0.578. The lowest BCUT2D eigenvalue weighted by molar-refractivity contribution is 0.414. The third kappa shape index (κ3) is 3.46. The van der Waals surface area contributed by atoms with Gasteiger partial charge in [0.05, 0.1) is 19.9 Å². The van der Waals surface area contributed by atoms with Crippen molar-refractivity contribution >= 4 is 16.5 Å². The van der Waals surface area contributed by atoms with Gasteiger partial charge in [-0.2, -0.15) is 0 Å². The molecule has 0 atom stereocenters. The zero-order chi connectivity index (χ0) is 16.2. The number of hydrogen-bond acceptors (Lipinski definition) is 5. The van der Waals surface area contributed by atoms with Crippen molar-refractivity contribution < 1.29 is 9.47 Å². The van der Waals surface area contributed by atoms with Crippen LogP contribution in [0.15, 0.2) is 48.5 Å². The lowest BCUT2D eigenvalue weighted by atomic mass is 10.1. The summed E-state index contributed by atoms with van der Waals surface area (Å²) in [6, 6.07) is 15.9. The van der Waals surface area contributed by atoms with Gasteiger partial charge in [0.15, 0.2) is 5.13 Å². The first-order valence-corrected chi connectivity index (χ1v) is 8.04. The highest BCUT2D eigenvalue weighted by Gasteiger charge is 2.13. The van der Waals surface area contributed by atoms with Crippen molar-refractivity contribution in [2.24, 2.45) is 0 Å². The van der Waals surface area contributed by atoms with Crippen LogP contribution in [0.25, 0.3) is 11.3 Å². The second-order valence-corrected chi connectivity index (χ2v) is 6.20. The minimum Gasteiger partial charge on any atom is -0.497 e. The predicted octanol–water partition coefficient (Wildman–Crippen LogP) is 4.00. The van der Waals surface area contributed by atoms with Crippen molar-refractivity contribution in [1.82, 2.24) is 4.98 Å². The summed E-state index contributed by atoms with van der Waals surface area (Å²) in [4.78, 5) is 5.64. The number of methoxy groups -OCH3 is 2. The summed E-state index contributed by atoms with van der Waals surface area (Å²) in [5.41, 5.74) is 9.08. The maximum Gasteiger partial charge on any atom is 0.180 e. The van der Waals surface area contributed by atoms with Crippen LogP contribution in [0, 0.1) is 0 Å². The van der Waals surface area contributed by atoms with E-state index in [1.54, 1.807) is 14.2 Å². The third-order valence-corrected chi connectivity index (χ3v) is 4.46. The average Bonchev–Trinajstić information content (AvgIpc) is 2.95. The number of anilines is 1. The molecule has 3 aromatic rings. The molecular weight excluding hydrogens is 308 g/mol. The molecule has 2 aromatic carbocycles. The molecule has 0 aliphatic carbocycles. The van der Waals surface area contributed by atoms with Crippen LogP contribution < -0.4 is 15.2 Å². The summed E-state index contributed by atoms with van der Waals surface area (Å²) in [5, 5.41) is 0.578. The average molecular weight is 326 g/mol. The largest absolute Gasteiger partial charge is 0.497 e. The summed E-state index contributed by atoms with van der Waals surface area (Å²) in [7, 11) is 3.33. The summed E-state index contributed by atoms with van der Waals surface area (Å²) < 4.78 is 10.5. The van der Waals surface area contributed by atoms with Gasteiger partial charge < -0.3 is 15.2 Å². The molecule has 118 valence electrons. The number of ether oxygens (including phenoxy) is 2. The Bertz CT molecular complexity index is 797. The van der Waals surface area contributed by atoms with Gasteiger partial charge in [0.1, 0.15) is 11.5 Å². The van der Waals surface area contributed by atoms with Gasteiger partial charge in [-0.3, -0.25) is 0 Å². The molecule has 0 aliphatic rings. The van der Waals surface area contributed by atoms with Gasteiger partial charge in [0, 0.05) is 16.9 Å². The molecule has 0 saturated carbocycles. The first-order valence-electron chi connectivity index (χ1n) is 7.22. The Morgan fingerprint density at radius 1 is 1.00 bits per heavy atom. The second-order valence-electron chi connectivity index (χ2n) is 5.08. The van der Waals surface area contributed by atoms with E-state index in [1.807, 2.05) is 42.5 Å². The quantitative estimate of drug-likeness (QED) is 0.770. The van der Waals surface area contributed by atoms with E-state index in [-0.39, 0.29) is 0 Å². The van der Waals surface area contributed by atoms with Crippen LogP contribution >= 0.6 is 11.3 Å². The number of hydrogen-bond donors (Lipinski definition) is 1. The smallest absolute Gasteiger partial charge is 0.180 e. The van der Waals surface area contributed by atoms with Gasteiger partial charge in [-0.15, -0.1) is 11.3 Å². The van der Waals surface area contributed by atoms with Gasteiger partial charge >= 0.3 is 0 Å². The van der Waals surface area contributed by atoms with Crippen LogP contribution in [0.5, 0.6) is 11.5 Å². The molecule has 1 aromatic heterocycles. The number of thiazole rings is 1. The van der Waals surface area contributed by atoms with Crippen molar-refractivity contribution in [2.75, 3.05) is 20.0 Å². The molecule has 1 heterocycles. The molecule has 0 unspecified atom stereocenters. The summed E-state index contributed by atoms with van der Waals surface area (Å²) in [5.74, 6) is 1.68. The number of nitrogens with zero attached hydrogens (tertiary/aromatic N) is 1. The van der Waals surface area contributed by atoms with Gasteiger partial charge in [-0.25, -0.2) is 4.98 Å². The molecule has 4 nitrogen and oxygen atoms in total. The standard InChI is InChI=1S/C18H18N2O2S/c1-21-14-8-6-13(7-9-14)17-16(23-18(19)20-17)11-12-4-3-5-15(10-12)22-2/h3-10H,11H2,1-2H3,(H2,19,20). The molecule has 23 heavy (non-hydrogen) atoms. The zero-order valence-corrected chi connectivity index (χ0v) is 13.9. The van der Waals surface area contributed by atoms with Crippen LogP contribution in [-0.2, 0) is 6.42 Å². The van der Waals surface area contributed by atoms with Crippen molar-refractivity contribution in [3.8, 4) is 22.8 Å². The molecule has 0 amide bonds. The number of rotatable bonds is 5. The molecule has 2 N–H and O–H groups in total. The van der Waals surface area contributed by atoms with Gasteiger partial charge in [-0.1, -0.05) is 12.1 Å². The molecule has 3 rings (SSSR count). The summed E-state index contributed by atoms with van der Waals surface area (Å²) >= 11 is 1.52. The normalized spacial score (nSPS) is 10.5. The Labute approximate surface area is 139 Å². The zero-order valence-electron chi connectivity index (χ0n) is 13.1. The fraction of sp³-hybridized carbons (Fsp3) is 0.167. The highest BCUT2D eigenvalue weighted by Crippen LogP contribution is 2.32. The molecule has 0 spiro atoms. The predicted molar refractivity (Wildman–Crippen MR) is 94.3 cm³/mol. The molecule has 0 radical (unpaired) electrons. The number of nitrogen functional groups attached to an aromatic ring is 1. The molecule has 0 bridgehead atoms. The Morgan fingerprint density at radius 3 is 2.43 bits per heavy atom. The van der Waals surface area contributed by atoms with Crippen LogP contribution in [0.4, 0.5) is 5.13 Å². The van der Waals surface area contributed by atoms with E-state index in [2.05, 4.69) is 11.1 Å². The fourth-order valence-electron chi connectivity index (χ4n) is 2.43. The third-order valence-electron chi connectivity index (χ3n) is 3.58. The van der Waals surface area contributed by atoms with E-state index in [9.17, 15) is 0 Å². The van der Waals surface area contributed by atoms with E-state index in [0.717, 1.165) is 34.1 Å². The highest BCUT2D eigenvalue weighted by molar-refractivity contribution is 7.15. The Hall–Kier alpha value is -2.53. The second kappa shape index (κ2) is 6.71. The topological polar surface area (TPSA) is 57.4 Å². The van der Waals surface area contributed by atoms with Gasteiger partial charge in [0.2, 0.25) is 0 Å². The van der Waals surface area contributed by atoms with Crippen LogP contribution in [-0.4, -0.2) is 19.2 Å². The molecule has 5 heteroatoms. The monoisotopic (exact) mass is 326 g/mol. The molecule has 0 saturated heterocycles. The summed E-state index contributed by atoms with van der Waals surface area (Å²) in [6.07, 6.45) is 0.771. The number of nitrogens with two attached hydrogens (primary N) is 1. The number of aromatic nitrogens is 1. The van der Waals surface area contributed by atoms with Gasteiger partial charge in [0.25, 0.3) is 0 Å². The Kier molecular flexibility index (Phi) is 4.48. The van der Waals surface area contributed by atoms with Crippen LogP contribution in [0.1, 0.15) is 10.4 Å². The molecule has 0 aliphatic heterocycles. The minimum atomic E-state index is 0.578. The van der Waals surface area contributed by atoms with E-state index < -0.39 is 0 Å². The number of benzene rings is 2.